The van der Waals surface area contributed by atoms with Gasteiger partial charge in [0.2, 0.25) is 5.91 Å². The number of nitrogens with zero attached hydrogens (tertiary/aromatic N) is 4. The van der Waals surface area contributed by atoms with Gasteiger partial charge >= 0.3 is 0 Å². The Balaban J connectivity index is 1.47. The van der Waals surface area contributed by atoms with Crippen LogP contribution in [0.1, 0.15) is 11.9 Å². The topological polar surface area (TPSA) is 104 Å². The number of nitrogens with one attached hydrogen (secondary N) is 1. The Labute approximate surface area is 164 Å². The standard InChI is InChI=1S/C18H17N5O4S/c1-2-8-23-17(14-10-25-12-5-3-4-6-13(12)27-14)20-21-18(23)28-11-16(24)19-15-7-9-26-22-15/h2-7,9,14H,1,8,10-11H2,(H,19,22,24). The number of amides is 1. The molecule has 1 aromatic carbocycles. The lowest BCUT2D eigenvalue weighted by Crippen LogP contribution is -2.25. The molecule has 1 aliphatic heterocycles. The van der Waals surface area contributed by atoms with Crippen molar-refractivity contribution in [3.63, 3.8) is 0 Å². The molecule has 2 aromatic heterocycles. The fourth-order valence-corrected chi connectivity index (χ4v) is 3.43. The van der Waals surface area contributed by atoms with Crippen LogP contribution < -0.4 is 14.8 Å². The highest BCUT2D eigenvalue weighted by molar-refractivity contribution is 7.99. The molecule has 3 heterocycles. The zero-order valence-electron chi connectivity index (χ0n) is 14.8. The Bertz CT molecular complexity index is 972. The molecule has 0 saturated carbocycles. The summed E-state index contributed by atoms with van der Waals surface area (Å²) < 4.78 is 18.3. The van der Waals surface area contributed by atoms with Crippen LogP contribution in [0.5, 0.6) is 11.5 Å². The third-order valence-electron chi connectivity index (χ3n) is 3.89. The van der Waals surface area contributed by atoms with Crippen LogP contribution in [-0.2, 0) is 11.3 Å². The van der Waals surface area contributed by atoms with Gasteiger partial charge in [0.05, 0.1) is 5.75 Å². The molecule has 28 heavy (non-hydrogen) atoms. The molecule has 1 atom stereocenters. The lowest BCUT2D eigenvalue weighted by molar-refractivity contribution is -0.113. The highest BCUT2D eigenvalue weighted by Crippen LogP contribution is 2.36. The molecule has 0 radical (unpaired) electrons. The fourth-order valence-electron chi connectivity index (χ4n) is 2.68. The van der Waals surface area contributed by atoms with Gasteiger partial charge in [0.25, 0.3) is 0 Å². The molecule has 9 nitrogen and oxygen atoms in total. The number of carbonyl (C=O) groups excluding carboxylic acids is 1. The van der Waals surface area contributed by atoms with Gasteiger partial charge in [-0.1, -0.05) is 35.1 Å². The highest BCUT2D eigenvalue weighted by atomic mass is 32.2. The maximum Gasteiger partial charge on any atom is 0.236 e. The van der Waals surface area contributed by atoms with Crippen molar-refractivity contribution in [1.29, 1.82) is 0 Å². The van der Waals surface area contributed by atoms with Crippen molar-refractivity contribution in [2.75, 3.05) is 17.7 Å². The predicted molar refractivity (Wildman–Crippen MR) is 101 cm³/mol. The van der Waals surface area contributed by atoms with Crippen molar-refractivity contribution in [2.45, 2.75) is 17.8 Å². The molecule has 1 aliphatic rings. The van der Waals surface area contributed by atoms with Crippen LogP contribution in [0.25, 0.3) is 0 Å². The summed E-state index contributed by atoms with van der Waals surface area (Å²) in [4.78, 5) is 12.1. The van der Waals surface area contributed by atoms with Crippen molar-refractivity contribution in [3.8, 4) is 11.5 Å². The molecule has 4 rings (SSSR count). The second-order valence-electron chi connectivity index (χ2n) is 5.83. The van der Waals surface area contributed by atoms with E-state index in [1.165, 1.54) is 18.0 Å². The van der Waals surface area contributed by atoms with Gasteiger partial charge in [-0.15, -0.1) is 16.8 Å². The lowest BCUT2D eigenvalue weighted by Gasteiger charge is -2.26. The van der Waals surface area contributed by atoms with Gasteiger partial charge in [-0.25, -0.2) is 0 Å². The number of hydrogen-bond acceptors (Lipinski definition) is 8. The first-order valence-corrected chi connectivity index (χ1v) is 9.48. The number of fused-ring (bicyclic) bond motifs is 1. The summed E-state index contributed by atoms with van der Waals surface area (Å²) in [5, 5.41) is 15.4. The fraction of sp³-hybridized carbons (Fsp3) is 0.222. The van der Waals surface area contributed by atoms with E-state index in [1.54, 1.807) is 12.1 Å². The van der Waals surface area contributed by atoms with Crippen molar-refractivity contribution in [3.05, 3.63) is 55.1 Å². The Morgan fingerprint density at radius 2 is 2.18 bits per heavy atom. The number of aromatic nitrogens is 4. The minimum atomic E-state index is -0.402. The maximum absolute atomic E-state index is 12.1. The minimum Gasteiger partial charge on any atom is -0.485 e. The molecule has 1 amide bonds. The summed E-state index contributed by atoms with van der Waals surface area (Å²) >= 11 is 1.26. The average molecular weight is 399 g/mol. The maximum atomic E-state index is 12.1. The molecule has 1 unspecified atom stereocenters. The number of anilines is 1. The van der Waals surface area contributed by atoms with E-state index < -0.39 is 6.10 Å². The van der Waals surface area contributed by atoms with Crippen LogP contribution in [0.4, 0.5) is 5.82 Å². The SMILES string of the molecule is C=CCn1c(SCC(=O)Nc2ccon2)nnc1C1COc2ccccc2O1. The van der Waals surface area contributed by atoms with Crippen molar-refractivity contribution in [1.82, 2.24) is 19.9 Å². The Kier molecular flexibility index (Phi) is 5.29. The molecule has 0 spiro atoms. The first-order chi connectivity index (χ1) is 13.7. The smallest absolute Gasteiger partial charge is 0.236 e. The zero-order valence-corrected chi connectivity index (χ0v) is 15.6. The molecular formula is C18H17N5O4S. The van der Waals surface area contributed by atoms with Gasteiger partial charge in [-0.2, -0.15) is 0 Å². The highest BCUT2D eigenvalue weighted by Gasteiger charge is 2.28. The molecule has 0 saturated heterocycles. The minimum absolute atomic E-state index is 0.146. The second kappa shape index (κ2) is 8.17. The summed E-state index contributed by atoms with van der Waals surface area (Å²) in [6.07, 6.45) is 2.73. The monoisotopic (exact) mass is 399 g/mol. The first kappa shape index (κ1) is 18.1. The van der Waals surface area contributed by atoms with Crippen LogP contribution in [0, 0.1) is 0 Å². The number of carbonyl (C=O) groups is 1. The van der Waals surface area contributed by atoms with Gasteiger partial charge in [0, 0.05) is 12.6 Å². The first-order valence-electron chi connectivity index (χ1n) is 8.50. The summed E-state index contributed by atoms with van der Waals surface area (Å²) in [6, 6.07) is 9.04. The van der Waals surface area contributed by atoms with Crippen molar-refractivity contribution >= 4 is 23.5 Å². The Morgan fingerprint density at radius 3 is 2.96 bits per heavy atom. The van der Waals surface area contributed by atoms with Crippen LogP contribution in [0.3, 0.4) is 0 Å². The third kappa shape index (κ3) is 3.86. The Morgan fingerprint density at radius 1 is 1.32 bits per heavy atom. The lowest BCUT2D eigenvalue weighted by atomic mass is 10.2. The molecule has 144 valence electrons. The van der Waals surface area contributed by atoms with E-state index in [0.29, 0.717) is 41.4 Å². The van der Waals surface area contributed by atoms with Gasteiger partial charge in [0.15, 0.2) is 34.4 Å². The normalized spacial score (nSPS) is 15.2. The number of allylic oxidation sites excluding steroid dienone is 1. The van der Waals surface area contributed by atoms with E-state index in [4.69, 9.17) is 9.47 Å². The van der Waals surface area contributed by atoms with Crippen LogP contribution in [0.15, 0.2) is 58.9 Å². The van der Waals surface area contributed by atoms with Gasteiger partial charge in [0.1, 0.15) is 12.9 Å². The van der Waals surface area contributed by atoms with Gasteiger partial charge < -0.3 is 19.3 Å². The quantitative estimate of drug-likeness (QED) is 0.478. The van der Waals surface area contributed by atoms with Crippen LogP contribution in [0.2, 0.25) is 0 Å². The van der Waals surface area contributed by atoms with Crippen LogP contribution in [-0.4, -0.2) is 38.2 Å². The van der Waals surface area contributed by atoms with E-state index in [1.807, 2.05) is 28.8 Å². The summed E-state index contributed by atoms with van der Waals surface area (Å²) in [5.41, 5.74) is 0. The molecule has 0 fully saturated rings. The van der Waals surface area contributed by atoms with Gasteiger partial charge in [-0.05, 0) is 12.1 Å². The van der Waals surface area contributed by atoms with E-state index in [2.05, 4.69) is 31.8 Å². The van der Waals surface area contributed by atoms with E-state index in [-0.39, 0.29) is 11.7 Å². The van der Waals surface area contributed by atoms with E-state index in [0.717, 1.165) is 0 Å². The molecule has 1 N–H and O–H groups in total. The number of para-hydroxylation sites is 2. The predicted octanol–water partition coefficient (Wildman–Crippen LogP) is 2.70. The molecule has 3 aromatic rings. The Hall–Kier alpha value is -3.27. The molecule has 0 bridgehead atoms. The number of rotatable bonds is 7. The van der Waals surface area contributed by atoms with Crippen molar-refractivity contribution < 1.29 is 18.8 Å². The number of benzene rings is 1. The summed E-state index contributed by atoms with van der Waals surface area (Å²) in [6.45, 7) is 4.59. The molecule has 10 heteroatoms. The average Bonchev–Trinajstić information content (AvgIpc) is 3.36. The molecule has 0 aliphatic carbocycles. The zero-order chi connectivity index (χ0) is 19.3. The summed E-state index contributed by atoms with van der Waals surface area (Å²) in [5.74, 6) is 2.27. The van der Waals surface area contributed by atoms with Crippen LogP contribution >= 0.6 is 11.8 Å². The van der Waals surface area contributed by atoms with Crippen molar-refractivity contribution in [2.24, 2.45) is 0 Å². The van der Waals surface area contributed by atoms with E-state index >= 15 is 0 Å². The number of hydrogen-bond donors (Lipinski definition) is 1. The number of ether oxygens (including phenoxy) is 2. The number of thioether (sulfide) groups is 1. The largest absolute Gasteiger partial charge is 0.485 e. The summed E-state index contributed by atoms with van der Waals surface area (Å²) in [7, 11) is 0. The molecular weight excluding hydrogens is 382 g/mol. The third-order valence-corrected chi connectivity index (χ3v) is 4.86. The second-order valence-corrected chi connectivity index (χ2v) is 6.77. The van der Waals surface area contributed by atoms with Gasteiger partial charge in [-0.3, -0.25) is 9.36 Å². The van der Waals surface area contributed by atoms with E-state index in [9.17, 15) is 4.79 Å².